The zero-order valence-corrected chi connectivity index (χ0v) is 13.4. The molecule has 4 nitrogen and oxygen atoms in total. The van der Waals surface area contributed by atoms with Crippen molar-refractivity contribution in [3.8, 4) is 5.75 Å². The number of rotatable bonds is 7. The maximum Gasteiger partial charge on any atom is 0.130 e. The summed E-state index contributed by atoms with van der Waals surface area (Å²) in [5.41, 5.74) is 5.54. The molecule has 0 aliphatic carbocycles. The summed E-state index contributed by atoms with van der Waals surface area (Å²) in [6.45, 7) is 7.83. The number of nitrogens with zero attached hydrogens (tertiary/aromatic N) is 1. The van der Waals surface area contributed by atoms with Gasteiger partial charge in [0.15, 0.2) is 0 Å². The van der Waals surface area contributed by atoms with Crippen LogP contribution in [0.1, 0.15) is 33.3 Å². The first kappa shape index (κ1) is 17.5. The molecule has 0 unspecified atom stereocenters. The third-order valence-corrected chi connectivity index (χ3v) is 3.45. The summed E-state index contributed by atoms with van der Waals surface area (Å²) in [5, 5.41) is 10.9. The lowest BCUT2D eigenvalue weighted by Crippen LogP contribution is -2.42. The van der Waals surface area contributed by atoms with E-state index in [2.05, 4.69) is 5.43 Å². The van der Waals surface area contributed by atoms with Gasteiger partial charge in [-0.2, -0.15) is 0 Å². The van der Waals surface area contributed by atoms with E-state index in [1.807, 2.05) is 32.7 Å². The van der Waals surface area contributed by atoms with Crippen molar-refractivity contribution in [2.24, 2.45) is 0 Å². The second-order valence-corrected chi connectivity index (χ2v) is 5.28. The molecule has 0 saturated heterocycles. The quantitative estimate of drug-likeness (QED) is 0.600. The molecule has 2 N–H and O–H groups in total. The molecule has 0 aromatic heterocycles. The second-order valence-electron chi connectivity index (χ2n) is 5.28. The Morgan fingerprint density at radius 1 is 1.38 bits per heavy atom. The predicted octanol–water partition coefficient (Wildman–Crippen LogP) is 2.84. The fraction of sp³-hybridized carbons (Fsp3) is 0.500. The van der Waals surface area contributed by atoms with Crippen molar-refractivity contribution in [3.63, 3.8) is 0 Å². The van der Waals surface area contributed by atoms with E-state index in [-0.39, 0.29) is 18.6 Å². The van der Waals surface area contributed by atoms with Crippen LogP contribution in [-0.4, -0.2) is 30.0 Å². The lowest BCUT2D eigenvalue weighted by atomic mass is 10.0. The molecule has 0 amide bonds. The molecular weight excluding hydrogens is 271 g/mol. The van der Waals surface area contributed by atoms with E-state index >= 15 is 0 Å². The molecule has 0 bridgehead atoms. The molecular formula is C16H25FN2O2. The number of nitrogens with one attached hydrogen (secondary N) is 1. The van der Waals surface area contributed by atoms with Crippen molar-refractivity contribution < 1.29 is 14.2 Å². The van der Waals surface area contributed by atoms with Gasteiger partial charge in [-0.15, -0.1) is 0 Å². The molecule has 118 valence electrons. The molecule has 0 saturated carbocycles. The van der Waals surface area contributed by atoms with Gasteiger partial charge < -0.3 is 14.9 Å². The molecule has 0 fully saturated rings. The average molecular weight is 296 g/mol. The fourth-order valence-corrected chi connectivity index (χ4v) is 2.18. The second kappa shape index (κ2) is 8.00. The Morgan fingerprint density at radius 2 is 2.05 bits per heavy atom. The van der Waals surface area contributed by atoms with Crippen molar-refractivity contribution in [2.75, 3.05) is 13.8 Å². The minimum atomic E-state index is -0.271. The number of methoxy groups -OCH3 is 1. The highest BCUT2D eigenvalue weighted by Crippen LogP contribution is 2.21. The van der Waals surface area contributed by atoms with Crippen LogP contribution >= 0.6 is 0 Å². The Hall–Kier alpha value is -1.59. The van der Waals surface area contributed by atoms with Crippen molar-refractivity contribution >= 4 is 0 Å². The summed E-state index contributed by atoms with van der Waals surface area (Å²) in [6.07, 6.45) is 0.512. The van der Waals surface area contributed by atoms with E-state index in [0.29, 0.717) is 17.7 Å². The van der Waals surface area contributed by atoms with E-state index in [0.717, 1.165) is 11.3 Å². The van der Waals surface area contributed by atoms with E-state index in [9.17, 15) is 4.39 Å². The maximum atomic E-state index is 14.0. The number of hydrogen-bond donors (Lipinski definition) is 2. The molecule has 1 rings (SSSR count). The van der Waals surface area contributed by atoms with Gasteiger partial charge in [0.1, 0.15) is 18.3 Å². The number of allylic oxidation sites excluding steroid dienone is 2. The minimum Gasteiger partial charge on any atom is -0.497 e. The van der Waals surface area contributed by atoms with E-state index < -0.39 is 0 Å². The first-order chi connectivity index (χ1) is 9.90. The van der Waals surface area contributed by atoms with Crippen LogP contribution in [-0.2, 0) is 6.42 Å². The first-order valence-corrected chi connectivity index (χ1v) is 7.03. The standard InChI is InChI=1S/C16H25FN2O2/c1-11(2)19(18-10-20)13(4)12(3)8-14-6-7-15(21-5)9-16(14)17/h6-7,9,11,18,20H,8,10H2,1-5H3/b13-12+. The van der Waals surface area contributed by atoms with E-state index in [1.54, 1.807) is 12.1 Å². The van der Waals surface area contributed by atoms with Crippen LogP contribution in [0.4, 0.5) is 4.39 Å². The predicted molar refractivity (Wildman–Crippen MR) is 82.2 cm³/mol. The van der Waals surface area contributed by atoms with Crippen molar-refractivity contribution in [3.05, 3.63) is 40.8 Å². The summed E-state index contributed by atoms with van der Waals surface area (Å²) < 4.78 is 19.0. The van der Waals surface area contributed by atoms with Crippen LogP contribution in [0.3, 0.4) is 0 Å². The Labute approximate surface area is 126 Å². The zero-order chi connectivity index (χ0) is 16.0. The highest BCUT2D eigenvalue weighted by molar-refractivity contribution is 5.32. The van der Waals surface area contributed by atoms with E-state index in [4.69, 9.17) is 9.84 Å². The van der Waals surface area contributed by atoms with Crippen LogP contribution in [0, 0.1) is 5.82 Å². The maximum absolute atomic E-state index is 14.0. The van der Waals surface area contributed by atoms with Gasteiger partial charge in [0.25, 0.3) is 0 Å². The van der Waals surface area contributed by atoms with E-state index in [1.165, 1.54) is 13.2 Å². The molecule has 1 aromatic carbocycles. The summed E-state index contributed by atoms with van der Waals surface area (Å²) in [6, 6.07) is 5.08. The van der Waals surface area contributed by atoms with Crippen molar-refractivity contribution in [2.45, 2.75) is 40.2 Å². The number of aliphatic hydroxyl groups is 1. The summed E-state index contributed by atoms with van der Waals surface area (Å²) >= 11 is 0. The number of hydrogen-bond acceptors (Lipinski definition) is 4. The van der Waals surface area contributed by atoms with Crippen molar-refractivity contribution in [1.82, 2.24) is 10.4 Å². The van der Waals surface area contributed by atoms with Gasteiger partial charge in [-0.1, -0.05) is 6.07 Å². The molecule has 0 atom stereocenters. The SMILES string of the molecule is COc1ccc(C/C(C)=C(\C)N(NCO)C(C)C)c(F)c1. The monoisotopic (exact) mass is 296 g/mol. The Kier molecular flexibility index (Phi) is 6.65. The molecule has 0 aliphatic heterocycles. The molecule has 1 aromatic rings. The van der Waals surface area contributed by atoms with Gasteiger partial charge in [0, 0.05) is 17.8 Å². The van der Waals surface area contributed by atoms with Crippen LogP contribution in [0.5, 0.6) is 5.75 Å². The zero-order valence-electron chi connectivity index (χ0n) is 13.4. The molecule has 0 heterocycles. The van der Waals surface area contributed by atoms with Gasteiger partial charge in [-0.3, -0.25) is 0 Å². The highest BCUT2D eigenvalue weighted by atomic mass is 19.1. The van der Waals surface area contributed by atoms with Gasteiger partial charge in [-0.05, 0) is 51.3 Å². The summed E-state index contributed by atoms with van der Waals surface area (Å²) in [5.74, 6) is 0.244. The number of aliphatic hydroxyl groups excluding tert-OH is 1. The number of benzene rings is 1. The number of ether oxygens (including phenoxy) is 1. The fourth-order valence-electron chi connectivity index (χ4n) is 2.18. The first-order valence-electron chi connectivity index (χ1n) is 7.03. The molecule has 0 radical (unpaired) electrons. The van der Waals surface area contributed by atoms with Gasteiger partial charge in [0.05, 0.1) is 7.11 Å². The van der Waals surface area contributed by atoms with Crippen molar-refractivity contribution in [1.29, 1.82) is 0 Å². The third kappa shape index (κ3) is 4.72. The third-order valence-electron chi connectivity index (χ3n) is 3.45. The van der Waals surface area contributed by atoms with Gasteiger partial charge in [0.2, 0.25) is 0 Å². The summed E-state index contributed by atoms with van der Waals surface area (Å²) in [7, 11) is 1.52. The topological polar surface area (TPSA) is 44.7 Å². The highest BCUT2D eigenvalue weighted by Gasteiger charge is 2.13. The normalized spacial score (nSPS) is 12.4. The number of hydrazine groups is 1. The number of halogens is 1. The summed E-state index contributed by atoms with van der Waals surface area (Å²) in [4.78, 5) is 0. The molecule has 0 aliphatic rings. The Bertz CT molecular complexity index is 501. The average Bonchev–Trinajstić information content (AvgIpc) is 2.45. The smallest absolute Gasteiger partial charge is 0.130 e. The van der Waals surface area contributed by atoms with Crippen LogP contribution in [0.15, 0.2) is 29.5 Å². The van der Waals surface area contributed by atoms with Crippen LogP contribution < -0.4 is 10.2 Å². The van der Waals surface area contributed by atoms with Gasteiger partial charge in [-0.25, -0.2) is 9.82 Å². The lowest BCUT2D eigenvalue weighted by Gasteiger charge is -2.30. The van der Waals surface area contributed by atoms with Crippen LogP contribution in [0.25, 0.3) is 0 Å². The largest absolute Gasteiger partial charge is 0.497 e. The minimum absolute atomic E-state index is 0.139. The molecule has 0 spiro atoms. The molecule has 21 heavy (non-hydrogen) atoms. The Balaban J connectivity index is 2.96. The lowest BCUT2D eigenvalue weighted by molar-refractivity contribution is 0.115. The van der Waals surface area contributed by atoms with Crippen LogP contribution in [0.2, 0.25) is 0 Å². The molecule has 5 heteroatoms. The Morgan fingerprint density at radius 3 is 2.52 bits per heavy atom. The van der Waals surface area contributed by atoms with Gasteiger partial charge >= 0.3 is 0 Å².